The second kappa shape index (κ2) is 17.3. The van der Waals surface area contributed by atoms with E-state index in [-0.39, 0.29) is 118 Å². The molecule has 1 atom stereocenters. The summed E-state index contributed by atoms with van der Waals surface area (Å²) in [5.41, 5.74) is 2.18. The number of aromatic nitrogens is 9. The SMILES string of the molecule is CS(=O)(=O)c1c[nH]c2ncncc12.CS(=O)c1c[nH]c2ncncc12.CSc1c[nH]c2ncncc12.[Ar].[Ar].[Ar]. The van der Waals surface area contributed by atoms with E-state index in [1.54, 1.807) is 36.7 Å². The van der Waals surface area contributed by atoms with Crippen molar-refractivity contribution in [2.75, 3.05) is 18.8 Å². The molecule has 3 N–H and O–H groups in total. The summed E-state index contributed by atoms with van der Waals surface area (Å²) in [6.45, 7) is 0. The minimum absolute atomic E-state index is 0. The Labute approximate surface area is 320 Å². The van der Waals surface area contributed by atoms with Crippen LogP contribution in [0.1, 0.15) is 0 Å². The predicted octanol–water partition coefficient (Wildman–Crippen LogP) is 2.74. The van der Waals surface area contributed by atoms with Gasteiger partial charge in [0.2, 0.25) is 0 Å². The summed E-state index contributed by atoms with van der Waals surface area (Å²) in [4.78, 5) is 34.5. The molecule has 210 valence electrons. The van der Waals surface area contributed by atoms with E-state index in [9.17, 15) is 12.6 Å². The maximum absolute atomic E-state index is 11.2. The third-order valence-corrected chi connectivity index (χ3v) is 7.75. The summed E-state index contributed by atoms with van der Waals surface area (Å²) in [5.74, 6) is 0. The fourth-order valence-corrected chi connectivity index (χ4v) is 5.28. The molecule has 6 heterocycles. The molecule has 12 nitrogen and oxygen atoms in total. The van der Waals surface area contributed by atoms with Crippen LogP contribution in [0.3, 0.4) is 0 Å². The number of hydrogen-bond acceptors (Lipinski definition) is 10. The van der Waals surface area contributed by atoms with Crippen molar-refractivity contribution in [2.24, 2.45) is 0 Å². The number of hydrogen-bond donors (Lipinski definition) is 3. The first-order valence-corrected chi connectivity index (χ1v) is 14.9. The molecule has 39 heavy (non-hydrogen) atoms. The van der Waals surface area contributed by atoms with Gasteiger partial charge in [0.1, 0.15) is 35.9 Å². The van der Waals surface area contributed by atoms with E-state index in [4.69, 9.17) is 0 Å². The van der Waals surface area contributed by atoms with Gasteiger partial charge >= 0.3 is 0 Å². The zero-order chi connectivity index (χ0) is 25.7. The molecule has 6 rings (SSSR count). The first kappa shape index (κ1) is 37.1. The molecule has 18 heteroatoms. The molecule has 0 spiro atoms. The zero-order valence-electron chi connectivity index (χ0n) is 20.4. The van der Waals surface area contributed by atoms with Gasteiger partial charge in [-0.25, -0.2) is 38.3 Å². The van der Waals surface area contributed by atoms with Crippen LogP contribution in [0.2, 0.25) is 0 Å². The summed E-state index contributed by atoms with van der Waals surface area (Å²) in [6, 6.07) is 0. The fraction of sp³-hybridized carbons (Fsp3) is 0.143. The smallest absolute Gasteiger partial charge is 0.177 e. The predicted molar refractivity (Wildman–Crippen MR) is 139 cm³/mol. The summed E-state index contributed by atoms with van der Waals surface area (Å²) in [7, 11) is -4.18. The third-order valence-electron chi connectivity index (χ3n) is 4.88. The number of fused-ring (bicyclic) bond motifs is 3. The van der Waals surface area contributed by atoms with E-state index < -0.39 is 20.6 Å². The van der Waals surface area contributed by atoms with Crippen LogP contribution in [0, 0.1) is 113 Å². The van der Waals surface area contributed by atoms with Gasteiger partial charge in [0.25, 0.3) is 0 Å². The molecule has 1 unspecified atom stereocenters. The Morgan fingerprint density at radius 2 is 1.21 bits per heavy atom. The largest absolute Gasteiger partial charge is 0.345 e. The summed E-state index contributed by atoms with van der Waals surface area (Å²) in [6.07, 6.45) is 19.2. The molecular weight excluding hydrogens is 642 g/mol. The molecule has 0 bridgehead atoms. The Balaban J connectivity index is 0.000000282. The molecule has 0 aliphatic rings. The Morgan fingerprint density at radius 3 is 1.74 bits per heavy atom. The average Bonchev–Trinajstić information content (AvgIpc) is 3.60. The van der Waals surface area contributed by atoms with Crippen LogP contribution >= 0.6 is 11.8 Å². The molecule has 0 saturated carbocycles. The topological polar surface area (TPSA) is 176 Å². The van der Waals surface area contributed by atoms with Crippen molar-refractivity contribution >= 4 is 65.5 Å². The van der Waals surface area contributed by atoms with E-state index >= 15 is 0 Å². The molecule has 0 amide bonds. The number of sulfone groups is 1. The van der Waals surface area contributed by atoms with Gasteiger partial charge in [0, 0.05) is 168 Å². The van der Waals surface area contributed by atoms with Crippen LogP contribution in [-0.4, -0.2) is 76.2 Å². The maximum atomic E-state index is 11.2. The van der Waals surface area contributed by atoms with Gasteiger partial charge in [-0.3, -0.25) is 4.21 Å². The molecule has 6 aromatic heterocycles. The number of rotatable bonds is 3. The second-order valence-electron chi connectivity index (χ2n) is 7.24. The molecule has 6 aromatic rings. The maximum Gasteiger partial charge on any atom is 0.177 e. The number of aromatic amines is 3. The first-order valence-electron chi connectivity index (χ1n) is 10.2. The molecule has 0 aromatic carbocycles. The molecule has 0 fully saturated rings. The summed E-state index contributed by atoms with van der Waals surface area (Å²) >= 11 is 1.69. The number of H-pyrrole nitrogens is 3. The van der Waals surface area contributed by atoms with Crippen molar-refractivity contribution in [1.82, 2.24) is 44.9 Å². The van der Waals surface area contributed by atoms with Gasteiger partial charge in [-0.2, -0.15) is 0 Å². The van der Waals surface area contributed by atoms with E-state index in [1.165, 1.54) is 29.9 Å². The van der Waals surface area contributed by atoms with Gasteiger partial charge in [-0.05, 0) is 6.26 Å². The molecule has 0 saturated heterocycles. The van der Waals surface area contributed by atoms with E-state index in [0.29, 0.717) is 11.0 Å². The van der Waals surface area contributed by atoms with Crippen molar-refractivity contribution in [2.45, 2.75) is 14.7 Å². The number of nitrogens with zero attached hydrogens (tertiary/aromatic N) is 6. The standard InChI is InChI=1S/C7H7N3O2S.C7H7N3OS.C7H7N3S.3Ar/c1-13(11,12)6-3-9-7-5(6)2-8-4-10-7;1-12(11)6-3-9-7-5(6)2-8-4-10-7;1-11-6-3-9-7-5(6)2-8-4-10-7;;;/h2-4H,1H3,(H,8,9,10);2-4H,1H3,(H,8,9,10);2-4H,1H3,(H,8,9,10);;;. The summed E-state index contributed by atoms with van der Waals surface area (Å²) < 4.78 is 33.6. The minimum Gasteiger partial charge on any atom is -0.345 e. The van der Waals surface area contributed by atoms with Gasteiger partial charge in [-0.1, -0.05) is 0 Å². The van der Waals surface area contributed by atoms with Gasteiger partial charge in [-0.15, -0.1) is 11.8 Å². The Morgan fingerprint density at radius 1 is 0.744 bits per heavy atom. The van der Waals surface area contributed by atoms with Crippen LogP contribution < -0.4 is 0 Å². The minimum atomic E-state index is -3.20. The quantitative estimate of drug-likeness (QED) is 0.239. The zero-order valence-corrected chi connectivity index (χ0v) is 25.0. The van der Waals surface area contributed by atoms with E-state index in [2.05, 4.69) is 44.9 Å². The van der Waals surface area contributed by atoms with Gasteiger partial charge < -0.3 is 15.0 Å². The Bertz CT molecular complexity index is 1770. The first-order chi connectivity index (χ1) is 17.3. The molecule has 0 aliphatic heterocycles. The molecule has 0 aliphatic carbocycles. The van der Waals surface area contributed by atoms with E-state index in [0.717, 1.165) is 33.2 Å². The van der Waals surface area contributed by atoms with E-state index in [1.807, 2.05) is 18.6 Å². The Hall–Kier alpha value is 0.0892. The molecular formula is C21H21Ar3N9O3S3. The van der Waals surface area contributed by atoms with Crippen LogP contribution in [0.15, 0.2) is 70.8 Å². The van der Waals surface area contributed by atoms with Crippen LogP contribution in [0.25, 0.3) is 33.1 Å². The van der Waals surface area contributed by atoms with Crippen molar-refractivity contribution in [3.63, 3.8) is 0 Å². The number of thioether (sulfide) groups is 1. The van der Waals surface area contributed by atoms with Gasteiger partial charge in [0.05, 0.1) is 36.7 Å². The third kappa shape index (κ3) is 9.55. The van der Waals surface area contributed by atoms with Crippen molar-refractivity contribution < 1.29 is 126 Å². The monoisotopic (exact) mass is 663 g/mol. The summed E-state index contributed by atoms with van der Waals surface area (Å²) in [5, 5.41) is 2.46. The van der Waals surface area contributed by atoms with Crippen LogP contribution in [0.5, 0.6) is 0 Å². The normalized spacial score (nSPS) is 11.2. The second-order valence-corrected chi connectivity index (χ2v) is 11.4. The van der Waals surface area contributed by atoms with Crippen molar-refractivity contribution in [1.29, 1.82) is 0 Å². The van der Waals surface area contributed by atoms with Crippen molar-refractivity contribution in [3.8, 4) is 0 Å². The average molecular weight is 664 g/mol. The van der Waals surface area contributed by atoms with Gasteiger partial charge in [0.15, 0.2) is 9.84 Å². The fourth-order valence-electron chi connectivity index (χ4n) is 3.22. The van der Waals surface area contributed by atoms with Crippen LogP contribution in [-0.2, 0) is 20.6 Å². The van der Waals surface area contributed by atoms with Crippen LogP contribution in [0.4, 0.5) is 0 Å². The van der Waals surface area contributed by atoms with Crippen molar-refractivity contribution in [3.05, 3.63) is 56.2 Å². The number of nitrogens with one attached hydrogen (secondary N) is 3. The molecule has 0 radical (unpaired) electrons. The Kier molecular flexibility index (Phi) is 16.4.